The summed E-state index contributed by atoms with van der Waals surface area (Å²) in [5.41, 5.74) is 1.50. The van der Waals surface area contributed by atoms with Gasteiger partial charge in [0.25, 0.3) is 0 Å². The van der Waals surface area contributed by atoms with E-state index < -0.39 is 0 Å². The summed E-state index contributed by atoms with van der Waals surface area (Å²) >= 11 is 0. The van der Waals surface area contributed by atoms with Crippen LogP contribution in [0.25, 0.3) is 0 Å². The number of pyridine rings is 1. The van der Waals surface area contributed by atoms with Gasteiger partial charge in [0, 0.05) is 25.0 Å². The van der Waals surface area contributed by atoms with Crippen LogP contribution in [0, 0.1) is 5.92 Å². The molecular formula is C17H26N2. The quantitative estimate of drug-likeness (QED) is 0.811. The summed E-state index contributed by atoms with van der Waals surface area (Å²) < 4.78 is 0. The van der Waals surface area contributed by atoms with E-state index in [1.165, 1.54) is 63.5 Å². The highest BCUT2D eigenvalue weighted by Gasteiger charge is 2.27. The Morgan fingerprint density at radius 3 is 2.32 bits per heavy atom. The van der Waals surface area contributed by atoms with Gasteiger partial charge in [-0.15, -0.1) is 0 Å². The average Bonchev–Trinajstić information content (AvgIpc) is 3.27. The first-order valence-corrected chi connectivity index (χ1v) is 8.07. The SMILES string of the molecule is c1cc(C(CNC2CC2)C2CCCCCC2)ccn1. The van der Waals surface area contributed by atoms with E-state index in [9.17, 15) is 0 Å². The van der Waals surface area contributed by atoms with Gasteiger partial charge >= 0.3 is 0 Å². The van der Waals surface area contributed by atoms with Gasteiger partial charge in [-0.3, -0.25) is 4.98 Å². The van der Waals surface area contributed by atoms with Crippen molar-refractivity contribution in [1.82, 2.24) is 10.3 Å². The minimum absolute atomic E-state index is 0.696. The molecule has 1 aromatic heterocycles. The molecule has 0 aromatic carbocycles. The molecule has 2 fully saturated rings. The molecule has 2 aliphatic rings. The number of hydrogen-bond acceptors (Lipinski definition) is 2. The van der Waals surface area contributed by atoms with Crippen LogP contribution in [0.3, 0.4) is 0 Å². The maximum Gasteiger partial charge on any atom is 0.0270 e. The Kier molecular flexibility index (Phi) is 4.49. The Morgan fingerprint density at radius 2 is 1.68 bits per heavy atom. The molecule has 0 amide bonds. The smallest absolute Gasteiger partial charge is 0.0270 e. The third-order valence-electron chi connectivity index (χ3n) is 4.81. The van der Waals surface area contributed by atoms with Gasteiger partial charge in [-0.25, -0.2) is 0 Å². The molecule has 2 aliphatic carbocycles. The van der Waals surface area contributed by atoms with E-state index in [4.69, 9.17) is 0 Å². The number of rotatable bonds is 5. The molecule has 0 saturated heterocycles. The Labute approximate surface area is 117 Å². The topological polar surface area (TPSA) is 24.9 Å². The molecule has 2 saturated carbocycles. The summed E-state index contributed by atoms with van der Waals surface area (Å²) in [5, 5.41) is 3.75. The molecule has 0 spiro atoms. The van der Waals surface area contributed by atoms with Crippen LogP contribution < -0.4 is 5.32 Å². The van der Waals surface area contributed by atoms with Gasteiger partial charge in [0.15, 0.2) is 0 Å². The summed E-state index contributed by atoms with van der Waals surface area (Å²) in [6.07, 6.45) is 15.2. The number of hydrogen-bond donors (Lipinski definition) is 1. The summed E-state index contributed by atoms with van der Waals surface area (Å²) in [5.74, 6) is 1.57. The lowest BCUT2D eigenvalue weighted by molar-refractivity contribution is 0.360. The molecule has 2 nitrogen and oxygen atoms in total. The lowest BCUT2D eigenvalue weighted by Crippen LogP contribution is -2.28. The first-order valence-electron chi connectivity index (χ1n) is 8.07. The Balaban J connectivity index is 1.69. The molecule has 19 heavy (non-hydrogen) atoms. The van der Waals surface area contributed by atoms with Crippen LogP contribution in [0.5, 0.6) is 0 Å². The average molecular weight is 258 g/mol. The fraction of sp³-hybridized carbons (Fsp3) is 0.706. The third kappa shape index (κ3) is 3.79. The fourth-order valence-electron chi connectivity index (χ4n) is 3.46. The Bertz CT molecular complexity index is 364. The number of aromatic nitrogens is 1. The molecule has 2 heteroatoms. The fourth-order valence-corrected chi connectivity index (χ4v) is 3.46. The highest BCUT2D eigenvalue weighted by Crippen LogP contribution is 2.35. The standard InChI is InChI=1S/C17H26N2/c1-2-4-6-14(5-3-1)17(13-19-16-7-8-16)15-9-11-18-12-10-15/h9-12,14,16-17,19H,1-8,13H2. The first-order chi connectivity index (χ1) is 9.43. The zero-order valence-electron chi connectivity index (χ0n) is 11.9. The number of nitrogens with one attached hydrogen (secondary N) is 1. The molecule has 1 unspecified atom stereocenters. The molecule has 3 rings (SSSR count). The largest absolute Gasteiger partial charge is 0.313 e. The van der Waals surface area contributed by atoms with Gasteiger partial charge < -0.3 is 5.32 Å². The van der Waals surface area contributed by atoms with Crippen molar-refractivity contribution in [3.63, 3.8) is 0 Å². The van der Waals surface area contributed by atoms with Crippen molar-refractivity contribution in [1.29, 1.82) is 0 Å². The second-order valence-corrected chi connectivity index (χ2v) is 6.32. The molecule has 1 aromatic rings. The monoisotopic (exact) mass is 258 g/mol. The molecule has 0 aliphatic heterocycles. The lowest BCUT2D eigenvalue weighted by atomic mass is 9.81. The van der Waals surface area contributed by atoms with Crippen molar-refractivity contribution in [2.24, 2.45) is 5.92 Å². The molecule has 104 valence electrons. The van der Waals surface area contributed by atoms with Gasteiger partial charge in [0.2, 0.25) is 0 Å². The summed E-state index contributed by atoms with van der Waals surface area (Å²) in [4.78, 5) is 4.18. The predicted octanol–water partition coefficient (Wildman–Crippen LogP) is 3.89. The van der Waals surface area contributed by atoms with E-state index >= 15 is 0 Å². The Morgan fingerprint density at radius 1 is 1.00 bits per heavy atom. The molecule has 0 bridgehead atoms. The van der Waals surface area contributed by atoms with Crippen molar-refractivity contribution >= 4 is 0 Å². The second-order valence-electron chi connectivity index (χ2n) is 6.32. The summed E-state index contributed by atoms with van der Waals surface area (Å²) in [7, 11) is 0. The van der Waals surface area contributed by atoms with Crippen LogP contribution in [0.2, 0.25) is 0 Å². The number of nitrogens with zero attached hydrogens (tertiary/aromatic N) is 1. The molecule has 1 atom stereocenters. The predicted molar refractivity (Wildman–Crippen MR) is 79.2 cm³/mol. The van der Waals surface area contributed by atoms with Gasteiger partial charge in [-0.1, -0.05) is 25.7 Å². The molecule has 1 heterocycles. The van der Waals surface area contributed by atoms with Crippen LogP contribution >= 0.6 is 0 Å². The maximum atomic E-state index is 4.18. The van der Waals surface area contributed by atoms with Crippen LogP contribution in [-0.2, 0) is 0 Å². The highest BCUT2D eigenvalue weighted by atomic mass is 14.9. The summed E-state index contributed by atoms with van der Waals surface area (Å²) in [6.45, 7) is 1.17. The van der Waals surface area contributed by atoms with Gasteiger partial charge in [-0.2, -0.15) is 0 Å². The van der Waals surface area contributed by atoms with E-state index in [2.05, 4.69) is 22.4 Å². The zero-order chi connectivity index (χ0) is 12.9. The lowest BCUT2D eigenvalue weighted by Gasteiger charge is -2.27. The third-order valence-corrected chi connectivity index (χ3v) is 4.81. The van der Waals surface area contributed by atoms with Crippen molar-refractivity contribution < 1.29 is 0 Å². The summed E-state index contributed by atoms with van der Waals surface area (Å²) in [6, 6.07) is 5.27. The van der Waals surface area contributed by atoms with Crippen molar-refractivity contribution in [2.75, 3.05) is 6.54 Å². The molecule has 1 N–H and O–H groups in total. The minimum atomic E-state index is 0.696. The van der Waals surface area contributed by atoms with Crippen LogP contribution in [0.1, 0.15) is 62.8 Å². The highest BCUT2D eigenvalue weighted by molar-refractivity contribution is 5.18. The van der Waals surface area contributed by atoms with Crippen LogP contribution in [0.15, 0.2) is 24.5 Å². The molecule has 0 radical (unpaired) electrons. The van der Waals surface area contributed by atoms with Gasteiger partial charge in [0.05, 0.1) is 0 Å². The Hall–Kier alpha value is -0.890. The minimum Gasteiger partial charge on any atom is -0.313 e. The zero-order valence-corrected chi connectivity index (χ0v) is 11.9. The second kappa shape index (κ2) is 6.51. The molecular weight excluding hydrogens is 232 g/mol. The first kappa shape index (κ1) is 13.1. The van der Waals surface area contributed by atoms with E-state index in [-0.39, 0.29) is 0 Å². The van der Waals surface area contributed by atoms with Crippen LogP contribution in [0.4, 0.5) is 0 Å². The van der Waals surface area contributed by atoms with Crippen molar-refractivity contribution in [2.45, 2.75) is 63.3 Å². The van der Waals surface area contributed by atoms with Gasteiger partial charge in [0.1, 0.15) is 0 Å². The van der Waals surface area contributed by atoms with E-state index in [1.807, 2.05) is 12.4 Å². The van der Waals surface area contributed by atoms with E-state index in [0.717, 1.165) is 12.0 Å². The van der Waals surface area contributed by atoms with Crippen molar-refractivity contribution in [3.05, 3.63) is 30.1 Å². The normalized spacial score (nSPS) is 22.9. The van der Waals surface area contributed by atoms with Crippen molar-refractivity contribution in [3.8, 4) is 0 Å². The van der Waals surface area contributed by atoms with E-state index in [0.29, 0.717) is 5.92 Å². The maximum absolute atomic E-state index is 4.18. The van der Waals surface area contributed by atoms with Gasteiger partial charge in [-0.05, 0) is 55.2 Å². The van der Waals surface area contributed by atoms with E-state index in [1.54, 1.807) is 0 Å². The van der Waals surface area contributed by atoms with Crippen LogP contribution in [-0.4, -0.2) is 17.6 Å².